The predicted octanol–water partition coefficient (Wildman–Crippen LogP) is 5.04. The number of halogens is 1. The van der Waals surface area contributed by atoms with E-state index in [1.54, 1.807) is 0 Å². The molecule has 0 heterocycles. The van der Waals surface area contributed by atoms with E-state index in [1.165, 1.54) is 11.1 Å². The minimum Gasteiger partial charge on any atom is -0.489 e. The minimum atomic E-state index is 0.443. The van der Waals surface area contributed by atoms with E-state index in [4.69, 9.17) is 10.5 Å². The van der Waals surface area contributed by atoms with Crippen molar-refractivity contribution in [1.82, 2.24) is 0 Å². The molecule has 0 spiro atoms. The van der Waals surface area contributed by atoms with Crippen molar-refractivity contribution in [3.8, 4) is 5.75 Å². The Morgan fingerprint density at radius 2 is 1.90 bits per heavy atom. The van der Waals surface area contributed by atoms with Crippen molar-refractivity contribution in [1.29, 1.82) is 0 Å². The van der Waals surface area contributed by atoms with E-state index < -0.39 is 0 Å². The molecule has 0 aliphatic carbocycles. The lowest BCUT2D eigenvalue weighted by Gasteiger charge is -2.15. The van der Waals surface area contributed by atoms with Gasteiger partial charge in [-0.25, -0.2) is 0 Å². The van der Waals surface area contributed by atoms with Gasteiger partial charge < -0.3 is 10.5 Å². The second kappa shape index (κ2) is 6.31. The van der Waals surface area contributed by atoms with E-state index in [-0.39, 0.29) is 0 Å². The molecule has 2 aromatic carbocycles. The van der Waals surface area contributed by atoms with Crippen molar-refractivity contribution in [3.63, 3.8) is 0 Å². The minimum absolute atomic E-state index is 0.443. The van der Waals surface area contributed by atoms with Gasteiger partial charge in [0.25, 0.3) is 0 Å². The molecule has 0 saturated carbocycles. The van der Waals surface area contributed by atoms with E-state index in [2.05, 4.69) is 54.9 Å². The fourth-order valence-electron chi connectivity index (χ4n) is 2.16. The van der Waals surface area contributed by atoms with Gasteiger partial charge in [-0.3, -0.25) is 0 Å². The van der Waals surface area contributed by atoms with E-state index >= 15 is 0 Å². The Morgan fingerprint density at radius 3 is 2.55 bits per heavy atom. The summed E-state index contributed by atoms with van der Waals surface area (Å²) in [4.78, 5) is 0. The third-order valence-corrected chi connectivity index (χ3v) is 3.62. The zero-order valence-corrected chi connectivity index (χ0v) is 13.7. The second-order valence-corrected chi connectivity index (χ2v) is 6.29. The highest BCUT2D eigenvalue weighted by Gasteiger charge is 2.08. The van der Waals surface area contributed by atoms with Crippen LogP contribution < -0.4 is 10.5 Å². The fraction of sp³-hybridized carbons (Fsp3) is 0.294. The molecule has 0 aliphatic heterocycles. The molecular weight excluding hydrogens is 314 g/mol. The average molecular weight is 334 g/mol. The molecule has 0 aliphatic rings. The van der Waals surface area contributed by atoms with E-state index in [9.17, 15) is 0 Å². The van der Waals surface area contributed by atoms with Crippen LogP contribution in [0.3, 0.4) is 0 Å². The maximum Gasteiger partial charge on any atom is 0.123 e. The van der Waals surface area contributed by atoms with Crippen molar-refractivity contribution in [2.75, 3.05) is 5.73 Å². The fourth-order valence-corrected chi connectivity index (χ4v) is 2.72. The van der Waals surface area contributed by atoms with Crippen LogP contribution >= 0.6 is 15.9 Å². The van der Waals surface area contributed by atoms with Crippen LogP contribution in [-0.4, -0.2) is 0 Å². The van der Waals surface area contributed by atoms with Crippen LogP contribution in [0, 0.1) is 6.92 Å². The normalized spacial score (nSPS) is 10.8. The summed E-state index contributed by atoms with van der Waals surface area (Å²) in [5, 5.41) is 0. The van der Waals surface area contributed by atoms with E-state index in [0.717, 1.165) is 21.5 Å². The molecule has 0 aromatic heterocycles. The highest BCUT2D eigenvalue weighted by molar-refractivity contribution is 9.10. The van der Waals surface area contributed by atoms with Crippen molar-refractivity contribution >= 4 is 21.6 Å². The van der Waals surface area contributed by atoms with Crippen LogP contribution in [0.1, 0.15) is 36.5 Å². The zero-order chi connectivity index (χ0) is 14.7. The lowest BCUT2D eigenvalue weighted by atomic mass is 10.0. The van der Waals surface area contributed by atoms with Crippen molar-refractivity contribution in [2.45, 2.75) is 33.3 Å². The van der Waals surface area contributed by atoms with Crippen LogP contribution in [0.5, 0.6) is 5.75 Å². The summed E-state index contributed by atoms with van der Waals surface area (Å²) in [5.74, 6) is 1.40. The van der Waals surface area contributed by atoms with Crippen LogP contribution in [0.4, 0.5) is 5.69 Å². The molecule has 2 rings (SSSR count). The second-order valence-electron chi connectivity index (χ2n) is 5.38. The average Bonchev–Trinajstić information content (AvgIpc) is 2.35. The number of benzene rings is 2. The molecule has 0 fully saturated rings. The molecule has 106 valence electrons. The molecular formula is C17H20BrNO. The lowest BCUT2D eigenvalue weighted by molar-refractivity contribution is 0.301. The Kier molecular flexibility index (Phi) is 4.71. The highest BCUT2D eigenvalue weighted by atomic mass is 79.9. The molecule has 20 heavy (non-hydrogen) atoms. The molecule has 0 unspecified atom stereocenters. The monoisotopic (exact) mass is 333 g/mol. The summed E-state index contributed by atoms with van der Waals surface area (Å²) in [6, 6.07) is 12.2. The van der Waals surface area contributed by atoms with Gasteiger partial charge in [0, 0.05) is 10.2 Å². The van der Waals surface area contributed by atoms with Gasteiger partial charge in [-0.15, -0.1) is 0 Å². The Hall–Kier alpha value is -1.48. The summed E-state index contributed by atoms with van der Waals surface area (Å²) >= 11 is 3.45. The number of ether oxygens (including phenoxy) is 1. The summed E-state index contributed by atoms with van der Waals surface area (Å²) in [6.45, 7) is 6.95. The molecule has 2 aromatic rings. The summed E-state index contributed by atoms with van der Waals surface area (Å²) < 4.78 is 6.98. The first-order valence-electron chi connectivity index (χ1n) is 6.74. The molecule has 0 saturated heterocycles. The third kappa shape index (κ3) is 3.76. The van der Waals surface area contributed by atoms with Crippen molar-refractivity contribution in [3.05, 3.63) is 57.6 Å². The van der Waals surface area contributed by atoms with Gasteiger partial charge in [-0.2, -0.15) is 0 Å². The van der Waals surface area contributed by atoms with Crippen molar-refractivity contribution < 1.29 is 4.74 Å². The molecule has 3 heteroatoms. The molecule has 0 amide bonds. The topological polar surface area (TPSA) is 35.2 Å². The van der Waals surface area contributed by atoms with Gasteiger partial charge in [-0.1, -0.05) is 41.9 Å². The maximum absolute atomic E-state index is 6.00. The van der Waals surface area contributed by atoms with Gasteiger partial charge in [-0.05, 0) is 53.8 Å². The van der Waals surface area contributed by atoms with Crippen molar-refractivity contribution in [2.24, 2.45) is 0 Å². The summed E-state index contributed by atoms with van der Waals surface area (Å²) in [7, 11) is 0. The first-order valence-corrected chi connectivity index (χ1v) is 7.53. The molecule has 2 nitrogen and oxygen atoms in total. The third-order valence-electron chi connectivity index (χ3n) is 3.17. The number of nitrogen functional groups attached to an aromatic ring is 1. The Bertz CT molecular complexity index is 588. The van der Waals surface area contributed by atoms with E-state index in [1.807, 2.05) is 18.2 Å². The largest absolute Gasteiger partial charge is 0.489 e. The Labute approximate surface area is 129 Å². The Balaban J connectivity index is 2.20. The number of aryl methyl sites for hydroxylation is 1. The van der Waals surface area contributed by atoms with Crippen LogP contribution in [-0.2, 0) is 6.61 Å². The van der Waals surface area contributed by atoms with Gasteiger partial charge in [0.2, 0.25) is 0 Å². The maximum atomic E-state index is 6.00. The summed E-state index contributed by atoms with van der Waals surface area (Å²) in [6.07, 6.45) is 0. The van der Waals surface area contributed by atoms with Gasteiger partial charge in [0.15, 0.2) is 0 Å². The number of anilines is 1. The van der Waals surface area contributed by atoms with Gasteiger partial charge >= 0.3 is 0 Å². The highest BCUT2D eigenvalue weighted by Crippen LogP contribution is 2.28. The molecule has 0 bridgehead atoms. The molecule has 0 radical (unpaired) electrons. The first-order chi connectivity index (χ1) is 9.45. The quantitative estimate of drug-likeness (QED) is 0.795. The standard InChI is InChI=1S/C17H20BrNO/c1-11(2)16-5-4-12(3)6-17(16)20-10-13-7-14(18)9-15(19)8-13/h4-9,11H,10,19H2,1-3H3. The van der Waals surface area contributed by atoms with Crippen LogP contribution in [0.25, 0.3) is 0 Å². The van der Waals surface area contributed by atoms with Gasteiger partial charge in [0.1, 0.15) is 12.4 Å². The van der Waals surface area contributed by atoms with E-state index in [0.29, 0.717) is 12.5 Å². The number of hydrogen-bond acceptors (Lipinski definition) is 2. The molecule has 2 N–H and O–H groups in total. The number of rotatable bonds is 4. The number of nitrogens with two attached hydrogens (primary N) is 1. The van der Waals surface area contributed by atoms with Gasteiger partial charge in [0.05, 0.1) is 0 Å². The smallest absolute Gasteiger partial charge is 0.123 e. The first kappa shape index (κ1) is 14.9. The Morgan fingerprint density at radius 1 is 1.15 bits per heavy atom. The SMILES string of the molecule is Cc1ccc(C(C)C)c(OCc2cc(N)cc(Br)c2)c1. The lowest BCUT2D eigenvalue weighted by Crippen LogP contribution is -2.01. The van der Waals surface area contributed by atoms with Crippen LogP contribution in [0.2, 0.25) is 0 Å². The zero-order valence-electron chi connectivity index (χ0n) is 12.1. The van der Waals surface area contributed by atoms with Crippen LogP contribution in [0.15, 0.2) is 40.9 Å². The molecule has 0 atom stereocenters. The summed E-state index contributed by atoms with van der Waals surface area (Å²) in [5.41, 5.74) is 10.1. The number of hydrogen-bond donors (Lipinski definition) is 1. The predicted molar refractivity (Wildman–Crippen MR) is 88.2 cm³/mol.